The van der Waals surface area contributed by atoms with Crippen LogP contribution in [0.1, 0.15) is 12.5 Å². The van der Waals surface area contributed by atoms with E-state index in [1.807, 2.05) is 37.2 Å². The Morgan fingerprint density at radius 1 is 1.21 bits per heavy atom. The summed E-state index contributed by atoms with van der Waals surface area (Å²) in [5, 5.41) is 3.28. The third-order valence-corrected chi connectivity index (χ3v) is 2.94. The second-order valence-electron chi connectivity index (χ2n) is 4.49. The third kappa shape index (κ3) is 2.76. The molecule has 0 fully saturated rings. The number of aryl methyl sites for hydroxylation is 1. The summed E-state index contributed by atoms with van der Waals surface area (Å²) in [6, 6.07) is 8.13. The van der Waals surface area contributed by atoms with Gasteiger partial charge < -0.3 is 16.0 Å². The molecule has 0 unspecified atom stereocenters. The average Bonchev–Trinajstić information content (AvgIpc) is 2.41. The van der Waals surface area contributed by atoms with Crippen LogP contribution in [0.2, 0.25) is 0 Å². The number of hydrogen-bond donors (Lipinski definition) is 2. The van der Waals surface area contributed by atoms with Crippen LogP contribution in [0.4, 0.5) is 23.0 Å². The van der Waals surface area contributed by atoms with Crippen LogP contribution in [-0.2, 0) is 6.42 Å². The molecule has 100 valence electrons. The fraction of sp³-hybridized carbons (Fsp3) is 0.286. The number of nitrogens with one attached hydrogen (secondary N) is 1. The second kappa shape index (κ2) is 5.56. The number of para-hydroxylation sites is 1. The minimum Gasteiger partial charge on any atom is -0.393 e. The van der Waals surface area contributed by atoms with Gasteiger partial charge in [-0.05, 0) is 18.1 Å². The molecule has 0 saturated heterocycles. The largest absolute Gasteiger partial charge is 0.393 e. The summed E-state index contributed by atoms with van der Waals surface area (Å²) in [6.07, 6.45) is 2.47. The van der Waals surface area contributed by atoms with Crippen molar-refractivity contribution in [2.75, 3.05) is 30.0 Å². The van der Waals surface area contributed by atoms with E-state index in [9.17, 15) is 0 Å². The zero-order chi connectivity index (χ0) is 13.8. The molecule has 0 bridgehead atoms. The van der Waals surface area contributed by atoms with Crippen LogP contribution in [0.15, 0.2) is 30.6 Å². The van der Waals surface area contributed by atoms with Crippen molar-refractivity contribution in [2.24, 2.45) is 0 Å². The van der Waals surface area contributed by atoms with Crippen molar-refractivity contribution >= 4 is 23.0 Å². The number of benzene rings is 1. The SMILES string of the molecule is CCc1ccccc1Nc1ncnc(N(C)C)c1N. The average molecular weight is 257 g/mol. The Balaban J connectivity index is 2.36. The van der Waals surface area contributed by atoms with Gasteiger partial charge in [-0.2, -0.15) is 0 Å². The first kappa shape index (κ1) is 13.1. The summed E-state index contributed by atoms with van der Waals surface area (Å²) in [4.78, 5) is 10.3. The Kier molecular flexibility index (Phi) is 3.85. The van der Waals surface area contributed by atoms with E-state index in [0.29, 0.717) is 17.3 Å². The summed E-state index contributed by atoms with van der Waals surface area (Å²) in [7, 11) is 3.81. The lowest BCUT2D eigenvalue weighted by Crippen LogP contribution is -2.14. The molecular weight excluding hydrogens is 238 g/mol. The highest BCUT2D eigenvalue weighted by Crippen LogP contribution is 2.28. The Hall–Kier alpha value is -2.30. The molecule has 0 amide bonds. The van der Waals surface area contributed by atoms with E-state index in [2.05, 4.69) is 28.3 Å². The maximum atomic E-state index is 6.09. The van der Waals surface area contributed by atoms with Gasteiger partial charge in [0.1, 0.15) is 12.0 Å². The molecule has 2 aromatic rings. The zero-order valence-electron chi connectivity index (χ0n) is 11.5. The molecule has 0 radical (unpaired) electrons. The van der Waals surface area contributed by atoms with Gasteiger partial charge in [-0.25, -0.2) is 9.97 Å². The van der Waals surface area contributed by atoms with E-state index in [1.54, 1.807) is 0 Å². The summed E-state index contributed by atoms with van der Waals surface area (Å²) < 4.78 is 0. The predicted octanol–water partition coefficient (Wildman–Crippen LogP) is 2.43. The monoisotopic (exact) mass is 257 g/mol. The lowest BCUT2D eigenvalue weighted by atomic mass is 10.1. The van der Waals surface area contributed by atoms with Crippen molar-refractivity contribution in [3.8, 4) is 0 Å². The summed E-state index contributed by atoms with van der Waals surface area (Å²) in [5.74, 6) is 1.35. The van der Waals surface area contributed by atoms with Crippen LogP contribution in [0.5, 0.6) is 0 Å². The van der Waals surface area contributed by atoms with Crippen LogP contribution in [0.3, 0.4) is 0 Å². The van der Waals surface area contributed by atoms with Gasteiger partial charge in [-0.15, -0.1) is 0 Å². The number of rotatable bonds is 4. The van der Waals surface area contributed by atoms with Crippen LogP contribution < -0.4 is 16.0 Å². The maximum Gasteiger partial charge on any atom is 0.159 e. The highest BCUT2D eigenvalue weighted by Gasteiger charge is 2.10. The third-order valence-electron chi connectivity index (χ3n) is 2.94. The lowest BCUT2D eigenvalue weighted by molar-refractivity contribution is 1.04. The number of nitrogens with zero attached hydrogens (tertiary/aromatic N) is 3. The molecule has 3 N–H and O–H groups in total. The Morgan fingerprint density at radius 3 is 2.63 bits per heavy atom. The van der Waals surface area contributed by atoms with Crippen molar-refractivity contribution in [1.29, 1.82) is 0 Å². The number of aromatic nitrogens is 2. The first-order valence-electron chi connectivity index (χ1n) is 6.26. The van der Waals surface area contributed by atoms with E-state index >= 15 is 0 Å². The summed E-state index contributed by atoms with van der Waals surface area (Å²) in [5.41, 5.74) is 8.91. The highest BCUT2D eigenvalue weighted by atomic mass is 15.2. The molecule has 0 aliphatic heterocycles. The van der Waals surface area contributed by atoms with Gasteiger partial charge in [0.2, 0.25) is 0 Å². The van der Waals surface area contributed by atoms with Crippen LogP contribution in [0, 0.1) is 0 Å². The van der Waals surface area contributed by atoms with Crippen molar-refractivity contribution in [1.82, 2.24) is 9.97 Å². The van der Waals surface area contributed by atoms with E-state index in [0.717, 1.165) is 12.1 Å². The molecule has 0 atom stereocenters. The number of nitrogen functional groups attached to an aromatic ring is 1. The zero-order valence-corrected chi connectivity index (χ0v) is 11.5. The van der Waals surface area contributed by atoms with Crippen molar-refractivity contribution in [3.63, 3.8) is 0 Å². The maximum absolute atomic E-state index is 6.09. The predicted molar refractivity (Wildman–Crippen MR) is 79.9 cm³/mol. The van der Waals surface area contributed by atoms with Crippen LogP contribution in [0.25, 0.3) is 0 Å². The van der Waals surface area contributed by atoms with Gasteiger partial charge in [-0.1, -0.05) is 25.1 Å². The Labute approximate surface area is 113 Å². The molecule has 1 aromatic carbocycles. The first-order chi connectivity index (χ1) is 9.13. The molecule has 1 heterocycles. The van der Waals surface area contributed by atoms with Crippen LogP contribution in [-0.4, -0.2) is 24.1 Å². The Morgan fingerprint density at radius 2 is 1.95 bits per heavy atom. The number of nitrogens with two attached hydrogens (primary N) is 1. The van der Waals surface area contributed by atoms with E-state index in [4.69, 9.17) is 5.73 Å². The van der Waals surface area contributed by atoms with E-state index < -0.39 is 0 Å². The minimum atomic E-state index is 0.554. The first-order valence-corrected chi connectivity index (χ1v) is 6.26. The lowest BCUT2D eigenvalue weighted by Gasteiger charge is -2.17. The fourth-order valence-corrected chi connectivity index (χ4v) is 1.92. The normalized spacial score (nSPS) is 10.3. The molecule has 0 saturated carbocycles. The minimum absolute atomic E-state index is 0.554. The summed E-state index contributed by atoms with van der Waals surface area (Å²) >= 11 is 0. The molecule has 1 aromatic heterocycles. The van der Waals surface area contributed by atoms with Gasteiger partial charge in [0, 0.05) is 19.8 Å². The molecule has 0 spiro atoms. The van der Waals surface area contributed by atoms with E-state index in [1.165, 1.54) is 11.9 Å². The molecule has 0 aliphatic rings. The second-order valence-corrected chi connectivity index (χ2v) is 4.49. The Bertz CT molecular complexity index is 566. The van der Waals surface area contributed by atoms with Crippen molar-refractivity contribution in [3.05, 3.63) is 36.2 Å². The number of hydrogen-bond acceptors (Lipinski definition) is 5. The van der Waals surface area contributed by atoms with E-state index in [-0.39, 0.29) is 0 Å². The smallest absolute Gasteiger partial charge is 0.159 e. The molecule has 5 heteroatoms. The molecule has 19 heavy (non-hydrogen) atoms. The van der Waals surface area contributed by atoms with Crippen molar-refractivity contribution < 1.29 is 0 Å². The van der Waals surface area contributed by atoms with Gasteiger partial charge in [0.05, 0.1) is 0 Å². The topological polar surface area (TPSA) is 67.1 Å². The highest BCUT2D eigenvalue weighted by molar-refractivity contribution is 5.78. The number of anilines is 4. The quantitative estimate of drug-likeness (QED) is 0.880. The van der Waals surface area contributed by atoms with Gasteiger partial charge >= 0.3 is 0 Å². The summed E-state index contributed by atoms with van der Waals surface area (Å²) in [6.45, 7) is 2.12. The van der Waals surface area contributed by atoms with Gasteiger partial charge in [0.15, 0.2) is 11.6 Å². The molecule has 2 rings (SSSR count). The molecule has 5 nitrogen and oxygen atoms in total. The fourth-order valence-electron chi connectivity index (χ4n) is 1.92. The standard InChI is InChI=1S/C14H19N5/c1-4-10-7-5-6-8-11(10)18-13-12(15)14(19(2)3)17-9-16-13/h5-9H,4,15H2,1-3H3,(H,16,17,18). The molecule has 0 aliphatic carbocycles. The molecular formula is C14H19N5. The van der Waals surface area contributed by atoms with Crippen molar-refractivity contribution in [2.45, 2.75) is 13.3 Å². The van der Waals surface area contributed by atoms with Gasteiger partial charge in [-0.3, -0.25) is 0 Å². The van der Waals surface area contributed by atoms with Gasteiger partial charge in [0.25, 0.3) is 0 Å². The van der Waals surface area contributed by atoms with Crippen LogP contribution >= 0.6 is 0 Å².